The van der Waals surface area contributed by atoms with E-state index in [9.17, 15) is 9.90 Å². The molecule has 0 fully saturated rings. The first kappa shape index (κ1) is 19.1. The number of fused-ring (bicyclic) bond motifs is 1. The molecule has 0 bridgehead atoms. The van der Waals surface area contributed by atoms with Gasteiger partial charge in [-0.15, -0.1) is 0 Å². The highest BCUT2D eigenvalue weighted by Crippen LogP contribution is 2.44. The predicted molar refractivity (Wildman–Crippen MR) is 108 cm³/mol. The van der Waals surface area contributed by atoms with Gasteiger partial charge in [0.15, 0.2) is 0 Å². The Morgan fingerprint density at radius 3 is 2.83 bits per heavy atom. The Bertz CT molecular complexity index is 1020. The van der Waals surface area contributed by atoms with Gasteiger partial charge in [-0.3, -0.25) is 9.48 Å². The first-order chi connectivity index (χ1) is 14.1. The molecule has 1 aromatic carbocycles. The van der Waals surface area contributed by atoms with E-state index in [2.05, 4.69) is 22.0 Å². The van der Waals surface area contributed by atoms with E-state index in [0.717, 1.165) is 35.2 Å². The Morgan fingerprint density at radius 1 is 1.31 bits per heavy atom. The lowest BCUT2D eigenvalue weighted by molar-refractivity contribution is -0.117. The summed E-state index contributed by atoms with van der Waals surface area (Å²) in [6.45, 7) is 4.06. The molecular formula is C21H23N5O3. The molecule has 0 saturated heterocycles. The van der Waals surface area contributed by atoms with Crippen molar-refractivity contribution in [2.45, 2.75) is 39.3 Å². The number of nitrogens with zero attached hydrogens (tertiary/aromatic N) is 5. The van der Waals surface area contributed by atoms with Crippen LogP contribution < -0.4 is 9.64 Å². The SMILES string of the molecule is CC(=O)N1c2ccc(-c3cnn(CCO)c3)c(Oc3ncccn3)c2CCC1C. The van der Waals surface area contributed by atoms with Crippen LogP contribution in [0.2, 0.25) is 0 Å². The third kappa shape index (κ3) is 3.71. The monoisotopic (exact) mass is 393 g/mol. The summed E-state index contributed by atoms with van der Waals surface area (Å²) in [5.41, 5.74) is 3.52. The van der Waals surface area contributed by atoms with Crippen LogP contribution in [0.4, 0.5) is 5.69 Å². The van der Waals surface area contributed by atoms with Crippen molar-refractivity contribution >= 4 is 11.6 Å². The number of hydrogen-bond donors (Lipinski definition) is 1. The summed E-state index contributed by atoms with van der Waals surface area (Å²) in [5.74, 6) is 0.638. The van der Waals surface area contributed by atoms with E-state index in [4.69, 9.17) is 4.74 Å². The number of benzene rings is 1. The summed E-state index contributed by atoms with van der Waals surface area (Å²) in [4.78, 5) is 22.5. The maximum Gasteiger partial charge on any atom is 0.321 e. The molecular weight excluding hydrogens is 370 g/mol. The van der Waals surface area contributed by atoms with Crippen LogP contribution in [0.3, 0.4) is 0 Å². The molecule has 1 aliphatic rings. The number of hydrogen-bond acceptors (Lipinski definition) is 6. The van der Waals surface area contributed by atoms with E-state index in [-0.39, 0.29) is 24.6 Å². The van der Waals surface area contributed by atoms with Crippen LogP contribution in [0, 0.1) is 0 Å². The first-order valence-electron chi connectivity index (χ1n) is 9.62. The Hall–Kier alpha value is -3.26. The smallest absolute Gasteiger partial charge is 0.321 e. The number of aliphatic hydroxyl groups excluding tert-OH is 1. The third-order valence-corrected chi connectivity index (χ3v) is 5.10. The van der Waals surface area contributed by atoms with E-state index in [0.29, 0.717) is 12.3 Å². The van der Waals surface area contributed by atoms with Crippen molar-refractivity contribution in [1.29, 1.82) is 0 Å². The Labute approximate surface area is 168 Å². The molecule has 1 aliphatic heterocycles. The molecule has 1 atom stereocenters. The second-order valence-electron chi connectivity index (χ2n) is 7.07. The van der Waals surface area contributed by atoms with Gasteiger partial charge in [-0.25, -0.2) is 9.97 Å². The third-order valence-electron chi connectivity index (χ3n) is 5.10. The molecule has 3 aromatic rings. The Kier molecular flexibility index (Phi) is 5.26. The average molecular weight is 393 g/mol. The van der Waals surface area contributed by atoms with Crippen molar-refractivity contribution in [3.05, 3.63) is 48.5 Å². The molecule has 1 N–H and O–H groups in total. The quantitative estimate of drug-likeness (QED) is 0.716. The summed E-state index contributed by atoms with van der Waals surface area (Å²) in [6.07, 6.45) is 8.48. The summed E-state index contributed by atoms with van der Waals surface area (Å²) in [5, 5.41) is 13.5. The minimum absolute atomic E-state index is 0.00359. The number of ether oxygens (including phenoxy) is 1. The van der Waals surface area contributed by atoms with Gasteiger partial charge in [-0.1, -0.05) is 0 Å². The van der Waals surface area contributed by atoms with Gasteiger partial charge in [0, 0.05) is 48.2 Å². The maximum atomic E-state index is 12.3. The van der Waals surface area contributed by atoms with Crippen LogP contribution >= 0.6 is 0 Å². The van der Waals surface area contributed by atoms with E-state index in [1.165, 1.54) is 0 Å². The van der Waals surface area contributed by atoms with E-state index >= 15 is 0 Å². The second kappa shape index (κ2) is 8.00. The fraction of sp³-hybridized carbons (Fsp3) is 0.333. The van der Waals surface area contributed by atoms with Crippen molar-refractivity contribution in [1.82, 2.24) is 19.7 Å². The van der Waals surface area contributed by atoms with Crippen LogP contribution in [-0.2, 0) is 17.8 Å². The fourth-order valence-corrected chi connectivity index (χ4v) is 3.79. The zero-order chi connectivity index (χ0) is 20.4. The molecule has 3 heterocycles. The van der Waals surface area contributed by atoms with Crippen molar-refractivity contribution in [3.8, 4) is 22.9 Å². The lowest BCUT2D eigenvalue weighted by Gasteiger charge is -2.35. The molecule has 0 spiro atoms. The lowest BCUT2D eigenvalue weighted by Crippen LogP contribution is -2.40. The normalized spacial score (nSPS) is 15.8. The first-order valence-corrected chi connectivity index (χ1v) is 9.62. The molecule has 150 valence electrons. The number of anilines is 1. The number of carbonyl (C=O) groups excluding carboxylic acids is 1. The van der Waals surface area contributed by atoms with E-state index < -0.39 is 0 Å². The molecule has 4 rings (SSSR count). The molecule has 1 unspecified atom stereocenters. The highest BCUT2D eigenvalue weighted by atomic mass is 16.5. The van der Waals surface area contributed by atoms with Gasteiger partial charge in [0.1, 0.15) is 5.75 Å². The van der Waals surface area contributed by atoms with Crippen molar-refractivity contribution in [2.24, 2.45) is 0 Å². The van der Waals surface area contributed by atoms with Crippen LogP contribution in [-0.4, -0.2) is 43.4 Å². The Morgan fingerprint density at radius 2 is 2.10 bits per heavy atom. The van der Waals surface area contributed by atoms with Crippen LogP contribution in [0.1, 0.15) is 25.8 Å². The molecule has 1 amide bonds. The van der Waals surface area contributed by atoms with Gasteiger partial charge in [0.05, 0.1) is 25.0 Å². The van der Waals surface area contributed by atoms with Gasteiger partial charge < -0.3 is 14.7 Å². The molecule has 29 heavy (non-hydrogen) atoms. The molecule has 8 nitrogen and oxygen atoms in total. The zero-order valence-corrected chi connectivity index (χ0v) is 16.4. The average Bonchev–Trinajstić information content (AvgIpc) is 3.17. The highest BCUT2D eigenvalue weighted by Gasteiger charge is 2.30. The number of rotatable bonds is 5. The van der Waals surface area contributed by atoms with E-state index in [1.54, 1.807) is 36.3 Å². The van der Waals surface area contributed by atoms with Gasteiger partial charge in [-0.2, -0.15) is 5.10 Å². The van der Waals surface area contributed by atoms with Crippen molar-refractivity contribution in [3.63, 3.8) is 0 Å². The second-order valence-corrected chi connectivity index (χ2v) is 7.07. The standard InChI is InChI=1S/C21H23N5O3/c1-14-4-5-18-19(26(14)15(2)28)7-6-17(16-12-24-25(13-16)10-11-27)20(18)29-21-22-8-3-9-23-21/h3,6-9,12-14,27H,4-5,10-11H2,1-2H3. The minimum atomic E-state index is 0.00359. The summed E-state index contributed by atoms with van der Waals surface area (Å²) in [6, 6.07) is 6.00. The molecule has 0 radical (unpaired) electrons. The van der Waals surface area contributed by atoms with Gasteiger partial charge in [0.2, 0.25) is 5.91 Å². The predicted octanol–water partition coefficient (Wildman–Crippen LogP) is 2.81. The Balaban J connectivity index is 1.85. The highest BCUT2D eigenvalue weighted by molar-refractivity contribution is 5.95. The van der Waals surface area contributed by atoms with Crippen LogP contribution in [0.25, 0.3) is 11.1 Å². The topological polar surface area (TPSA) is 93.4 Å². The van der Waals surface area contributed by atoms with Crippen molar-refractivity contribution in [2.75, 3.05) is 11.5 Å². The van der Waals surface area contributed by atoms with Gasteiger partial charge in [0.25, 0.3) is 0 Å². The molecule has 8 heteroatoms. The van der Waals surface area contributed by atoms with Crippen LogP contribution in [0.5, 0.6) is 11.8 Å². The van der Waals surface area contributed by atoms with Gasteiger partial charge >= 0.3 is 6.01 Å². The van der Waals surface area contributed by atoms with Crippen LogP contribution in [0.15, 0.2) is 43.0 Å². The summed E-state index contributed by atoms with van der Waals surface area (Å²) in [7, 11) is 0. The van der Waals surface area contributed by atoms with Gasteiger partial charge in [-0.05, 0) is 38.0 Å². The maximum absolute atomic E-state index is 12.3. The largest absolute Gasteiger partial charge is 0.423 e. The lowest BCUT2D eigenvalue weighted by atomic mass is 9.92. The number of amides is 1. The summed E-state index contributed by atoms with van der Waals surface area (Å²) < 4.78 is 7.83. The zero-order valence-electron chi connectivity index (χ0n) is 16.4. The molecule has 2 aromatic heterocycles. The van der Waals surface area contributed by atoms with E-state index in [1.807, 2.05) is 23.2 Å². The van der Waals surface area contributed by atoms with Crippen molar-refractivity contribution < 1.29 is 14.6 Å². The number of aliphatic hydroxyl groups is 1. The number of carbonyl (C=O) groups is 1. The summed E-state index contributed by atoms with van der Waals surface area (Å²) >= 11 is 0. The molecule has 0 aliphatic carbocycles. The minimum Gasteiger partial charge on any atom is -0.423 e. The molecule has 0 saturated carbocycles. The fourth-order valence-electron chi connectivity index (χ4n) is 3.79. The number of aromatic nitrogens is 4.